The maximum absolute atomic E-state index is 13.4. The molecule has 1 unspecified atom stereocenters. The summed E-state index contributed by atoms with van der Waals surface area (Å²) >= 11 is 0. The van der Waals surface area contributed by atoms with Crippen molar-refractivity contribution in [3.05, 3.63) is 70.8 Å². The van der Waals surface area contributed by atoms with Gasteiger partial charge in [0.25, 0.3) is 0 Å². The zero-order valence-electron chi connectivity index (χ0n) is 16.3. The minimum atomic E-state index is -0.422. The lowest BCUT2D eigenvalue weighted by Gasteiger charge is -2.17. The Kier molecular flexibility index (Phi) is 8.54. The van der Waals surface area contributed by atoms with Crippen molar-refractivity contribution >= 4 is 5.91 Å². The van der Waals surface area contributed by atoms with Gasteiger partial charge in [-0.3, -0.25) is 10.0 Å². The molecule has 3 N–H and O–H groups in total. The summed E-state index contributed by atoms with van der Waals surface area (Å²) in [6.07, 6.45) is 2.74. The molecular formula is C22H28F2N2O2. The zero-order valence-corrected chi connectivity index (χ0v) is 16.3. The Bertz CT molecular complexity index is 766. The van der Waals surface area contributed by atoms with Crippen LogP contribution in [0.4, 0.5) is 8.78 Å². The van der Waals surface area contributed by atoms with Gasteiger partial charge in [0, 0.05) is 12.0 Å². The van der Waals surface area contributed by atoms with Crippen LogP contribution in [0.5, 0.6) is 0 Å². The van der Waals surface area contributed by atoms with Gasteiger partial charge in [0.2, 0.25) is 5.91 Å². The second-order valence-corrected chi connectivity index (χ2v) is 7.18. The quantitative estimate of drug-likeness (QED) is 0.319. The molecule has 6 heteroatoms. The minimum Gasteiger partial charge on any atom is -0.310 e. The van der Waals surface area contributed by atoms with E-state index in [-0.39, 0.29) is 23.6 Å². The molecule has 2 aromatic carbocycles. The van der Waals surface area contributed by atoms with Crippen molar-refractivity contribution in [1.29, 1.82) is 0 Å². The summed E-state index contributed by atoms with van der Waals surface area (Å²) in [7, 11) is 0. The van der Waals surface area contributed by atoms with Crippen LogP contribution < -0.4 is 10.8 Å². The number of nitrogens with one attached hydrogen (secondary N) is 2. The summed E-state index contributed by atoms with van der Waals surface area (Å²) < 4.78 is 26.4. The van der Waals surface area contributed by atoms with Crippen LogP contribution in [-0.2, 0) is 11.2 Å². The standard InChI is InChI=1S/C22H28F2N2O2/c1-15-13-17(6-11-21(15)24)14-19(22(27)26-28)5-3-4-12-25-16(2)18-7-9-20(23)10-8-18/h6-11,13,16,19,25,28H,3-5,12,14H2,1-2H3,(H,26,27)/t16?,19-/m0/s1. The van der Waals surface area contributed by atoms with Gasteiger partial charge in [0.15, 0.2) is 0 Å². The number of hydrogen-bond donors (Lipinski definition) is 3. The van der Waals surface area contributed by atoms with Crippen LogP contribution >= 0.6 is 0 Å². The normalized spacial score (nSPS) is 13.2. The lowest BCUT2D eigenvalue weighted by molar-refractivity contribution is -0.133. The SMILES string of the molecule is Cc1cc(C[C@H](CCCCNC(C)c2ccc(F)cc2)C(=O)NO)ccc1F. The van der Waals surface area contributed by atoms with Crippen LogP contribution in [-0.4, -0.2) is 17.7 Å². The van der Waals surface area contributed by atoms with Crippen LogP contribution in [0.2, 0.25) is 0 Å². The van der Waals surface area contributed by atoms with Gasteiger partial charge < -0.3 is 5.32 Å². The molecule has 0 spiro atoms. The fourth-order valence-corrected chi connectivity index (χ4v) is 3.24. The average Bonchev–Trinajstić information content (AvgIpc) is 2.69. The Morgan fingerprint density at radius 1 is 1.11 bits per heavy atom. The van der Waals surface area contributed by atoms with Crippen molar-refractivity contribution in [3.8, 4) is 0 Å². The summed E-state index contributed by atoms with van der Waals surface area (Å²) in [6.45, 7) is 4.47. The predicted molar refractivity (Wildman–Crippen MR) is 105 cm³/mol. The Morgan fingerprint density at radius 2 is 1.82 bits per heavy atom. The number of hydroxylamine groups is 1. The Hall–Kier alpha value is -2.31. The van der Waals surface area contributed by atoms with Crippen molar-refractivity contribution in [2.75, 3.05) is 6.54 Å². The predicted octanol–water partition coefficient (Wildman–Crippen LogP) is 4.46. The third kappa shape index (κ3) is 6.69. The third-order valence-corrected chi connectivity index (χ3v) is 4.99. The number of halogens is 2. The highest BCUT2D eigenvalue weighted by atomic mass is 19.1. The Balaban J connectivity index is 1.79. The number of rotatable bonds is 10. The summed E-state index contributed by atoms with van der Waals surface area (Å²) in [4.78, 5) is 12.0. The third-order valence-electron chi connectivity index (χ3n) is 4.99. The Labute approximate surface area is 164 Å². The van der Waals surface area contributed by atoms with E-state index >= 15 is 0 Å². The Morgan fingerprint density at radius 3 is 2.46 bits per heavy atom. The van der Waals surface area contributed by atoms with Crippen LogP contribution in [0.3, 0.4) is 0 Å². The molecule has 0 saturated carbocycles. The van der Waals surface area contributed by atoms with Crippen molar-refractivity contribution in [1.82, 2.24) is 10.8 Å². The van der Waals surface area contributed by atoms with Gasteiger partial charge in [-0.25, -0.2) is 14.3 Å². The summed E-state index contributed by atoms with van der Waals surface area (Å²) in [5.74, 6) is -1.31. The highest BCUT2D eigenvalue weighted by Crippen LogP contribution is 2.18. The number of aryl methyl sites for hydroxylation is 1. The highest BCUT2D eigenvalue weighted by Gasteiger charge is 2.18. The molecule has 152 valence electrons. The van der Waals surface area contributed by atoms with E-state index in [4.69, 9.17) is 5.21 Å². The molecule has 0 aromatic heterocycles. The van der Waals surface area contributed by atoms with E-state index in [0.717, 1.165) is 30.5 Å². The average molecular weight is 390 g/mol. The molecule has 1 amide bonds. The number of amides is 1. The second-order valence-electron chi connectivity index (χ2n) is 7.18. The molecular weight excluding hydrogens is 362 g/mol. The monoisotopic (exact) mass is 390 g/mol. The summed E-state index contributed by atoms with van der Waals surface area (Å²) in [5, 5.41) is 12.4. The second kappa shape index (κ2) is 10.9. The van der Waals surface area contributed by atoms with Gasteiger partial charge in [-0.1, -0.05) is 30.7 Å². The zero-order chi connectivity index (χ0) is 20.5. The first-order valence-electron chi connectivity index (χ1n) is 9.58. The van der Waals surface area contributed by atoms with Gasteiger partial charge in [-0.05, 0) is 74.5 Å². The van der Waals surface area contributed by atoms with Crippen LogP contribution in [0.1, 0.15) is 48.9 Å². The van der Waals surface area contributed by atoms with Crippen molar-refractivity contribution in [2.45, 2.75) is 45.6 Å². The molecule has 0 aliphatic carbocycles. The van der Waals surface area contributed by atoms with Gasteiger partial charge in [-0.15, -0.1) is 0 Å². The van der Waals surface area contributed by atoms with Crippen molar-refractivity contribution in [3.63, 3.8) is 0 Å². The molecule has 2 aromatic rings. The van der Waals surface area contributed by atoms with Gasteiger partial charge >= 0.3 is 0 Å². The lowest BCUT2D eigenvalue weighted by atomic mass is 9.92. The smallest absolute Gasteiger partial charge is 0.246 e. The lowest BCUT2D eigenvalue weighted by Crippen LogP contribution is -2.29. The molecule has 0 heterocycles. The van der Waals surface area contributed by atoms with Gasteiger partial charge in [0.05, 0.1) is 0 Å². The van der Waals surface area contributed by atoms with Crippen molar-refractivity contribution < 1.29 is 18.8 Å². The first-order valence-corrected chi connectivity index (χ1v) is 9.58. The summed E-state index contributed by atoms with van der Waals surface area (Å²) in [5.41, 5.74) is 4.17. The molecule has 0 aliphatic rings. The largest absolute Gasteiger partial charge is 0.310 e. The van der Waals surface area contributed by atoms with E-state index in [2.05, 4.69) is 5.32 Å². The molecule has 0 radical (unpaired) electrons. The topological polar surface area (TPSA) is 61.4 Å². The van der Waals surface area contributed by atoms with E-state index in [1.165, 1.54) is 18.2 Å². The number of benzene rings is 2. The molecule has 28 heavy (non-hydrogen) atoms. The van der Waals surface area contributed by atoms with E-state index in [9.17, 15) is 13.6 Å². The maximum atomic E-state index is 13.4. The van der Waals surface area contributed by atoms with E-state index in [0.29, 0.717) is 18.4 Å². The summed E-state index contributed by atoms with van der Waals surface area (Å²) in [6, 6.07) is 11.3. The maximum Gasteiger partial charge on any atom is 0.246 e. The van der Waals surface area contributed by atoms with Crippen LogP contribution in [0, 0.1) is 24.5 Å². The molecule has 4 nitrogen and oxygen atoms in total. The number of carbonyl (C=O) groups excluding carboxylic acids is 1. The number of carbonyl (C=O) groups is 1. The first kappa shape index (κ1) is 22.0. The first-order chi connectivity index (χ1) is 13.4. The number of unbranched alkanes of at least 4 members (excludes halogenated alkanes) is 1. The van der Waals surface area contributed by atoms with E-state index in [1.807, 2.05) is 6.92 Å². The fraction of sp³-hybridized carbons (Fsp3) is 0.409. The molecule has 0 bridgehead atoms. The minimum absolute atomic E-state index is 0.110. The van der Waals surface area contributed by atoms with Crippen molar-refractivity contribution in [2.24, 2.45) is 5.92 Å². The highest BCUT2D eigenvalue weighted by molar-refractivity contribution is 5.77. The van der Waals surface area contributed by atoms with Crippen LogP contribution in [0.25, 0.3) is 0 Å². The van der Waals surface area contributed by atoms with Crippen LogP contribution in [0.15, 0.2) is 42.5 Å². The molecule has 0 saturated heterocycles. The molecule has 0 aliphatic heterocycles. The van der Waals surface area contributed by atoms with E-state index < -0.39 is 5.91 Å². The number of hydrogen-bond acceptors (Lipinski definition) is 3. The molecule has 2 atom stereocenters. The van der Waals surface area contributed by atoms with Gasteiger partial charge in [-0.2, -0.15) is 0 Å². The molecule has 2 rings (SSSR count). The van der Waals surface area contributed by atoms with Gasteiger partial charge in [0.1, 0.15) is 11.6 Å². The molecule has 0 fully saturated rings. The van der Waals surface area contributed by atoms with E-state index in [1.54, 1.807) is 36.7 Å². The fourth-order valence-electron chi connectivity index (χ4n) is 3.24.